The average Bonchev–Trinajstić information content (AvgIpc) is 2.94. The van der Waals surface area contributed by atoms with Gasteiger partial charge in [-0.3, -0.25) is 5.10 Å². The SMILES string of the molecule is Cc1cc(CNc2cc3[nH]ncc3cc2N)no1. The molecule has 0 aliphatic carbocycles. The van der Waals surface area contributed by atoms with E-state index in [4.69, 9.17) is 10.3 Å². The summed E-state index contributed by atoms with van der Waals surface area (Å²) in [5.41, 5.74) is 9.30. The maximum Gasteiger partial charge on any atom is 0.133 e. The van der Waals surface area contributed by atoms with E-state index in [0.717, 1.165) is 28.0 Å². The van der Waals surface area contributed by atoms with E-state index in [1.807, 2.05) is 25.1 Å². The first-order valence-electron chi connectivity index (χ1n) is 5.61. The first-order valence-corrected chi connectivity index (χ1v) is 5.61. The molecule has 0 radical (unpaired) electrons. The maximum absolute atomic E-state index is 5.97. The summed E-state index contributed by atoms with van der Waals surface area (Å²) < 4.78 is 5.00. The van der Waals surface area contributed by atoms with Gasteiger partial charge in [-0.25, -0.2) is 0 Å². The number of nitrogens with one attached hydrogen (secondary N) is 2. The summed E-state index contributed by atoms with van der Waals surface area (Å²) in [6, 6.07) is 5.71. The summed E-state index contributed by atoms with van der Waals surface area (Å²) in [5, 5.41) is 15.0. The molecule has 0 aliphatic heterocycles. The molecule has 1 aromatic carbocycles. The van der Waals surface area contributed by atoms with Crippen LogP contribution in [0.1, 0.15) is 11.5 Å². The summed E-state index contributed by atoms with van der Waals surface area (Å²) in [5.74, 6) is 0.795. The van der Waals surface area contributed by atoms with Crippen LogP contribution in [0.15, 0.2) is 28.9 Å². The molecule has 92 valence electrons. The van der Waals surface area contributed by atoms with E-state index in [1.54, 1.807) is 6.20 Å². The number of nitrogens with zero attached hydrogens (tertiary/aromatic N) is 2. The number of rotatable bonds is 3. The van der Waals surface area contributed by atoms with Gasteiger partial charge in [-0.15, -0.1) is 0 Å². The third-order valence-electron chi connectivity index (χ3n) is 2.75. The van der Waals surface area contributed by atoms with Crippen molar-refractivity contribution in [3.05, 3.63) is 35.9 Å². The van der Waals surface area contributed by atoms with Crippen molar-refractivity contribution in [1.29, 1.82) is 0 Å². The Kier molecular flexibility index (Phi) is 2.40. The van der Waals surface area contributed by atoms with E-state index >= 15 is 0 Å². The van der Waals surface area contributed by atoms with Crippen LogP contribution in [0.2, 0.25) is 0 Å². The van der Waals surface area contributed by atoms with Crippen molar-refractivity contribution < 1.29 is 4.52 Å². The van der Waals surface area contributed by atoms with Crippen LogP contribution in [-0.2, 0) is 6.54 Å². The standard InChI is InChI=1S/C12H13N5O/c1-7-2-9(17-18-7)6-14-12-4-11-8(3-10(12)13)5-15-16-11/h2-5,14H,6,13H2,1H3,(H,15,16). The van der Waals surface area contributed by atoms with E-state index in [2.05, 4.69) is 20.7 Å². The van der Waals surface area contributed by atoms with Crippen molar-refractivity contribution in [3.63, 3.8) is 0 Å². The first-order chi connectivity index (χ1) is 8.72. The van der Waals surface area contributed by atoms with Gasteiger partial charge in [0.25, 0.3) is 0 Å². The van der Waals surface area contributed by atoms with E-state index in [9.17, 15) is 0 Å². The molecule has 0 atom stereocenters. The minimum absolute atomic E-state index is 0.571. The average molecular weight is 243 g/mol. The number of benzene rings is 1. The fourth-order valence-corrected chi connectivity index (χ4v) is 1.85. The lowest BCUT2D eigenvalue weighted by Gasteiger charge is -2.07. The van der Waals surface area contributed by atoms with Crippen molar-refractivity contribution in [2.45, 2.75) is 13.5 Å². The predicted molar refractivity (Wildman–Crippen MR) is 69.1 cm³/mol. The number of nitrogen functional groups attached to an aromatic ring is 1. The largest absolute Gasteiger partial charge is 0.397 e. The molecule has 4 N–H and O–H groups in total. The smallest absolute Gasteiger partial charge is 0.133 e. The quantitative estimate of drug-likeness (QED) is 0.612. The second-order valence-corrected chi connectivity index (χ2v) is 4.18. The number of fused-ring (bicyclic) bond motifs is 1. The minimum atomic E-state index is 0.571. The molecule has 0 fully saturated rings. The second kappa shape index (κ2) is 4.06. The molecule has 0 unspecified atom stereocenters. The van der Waals surface area contributed by atoms with E-state index < -0.39 is 0 Å². The first kappa shape index (κ1) is 10.6. The highest BCUT2D eigenvalue weighted by Gasteiger charge is 2.05. The molecule has 6 heteroatoms. The molecular formula is C12H13N5O. The van der Waals surface area contributed by atoms with Crippen LogP contribution in [0.5, 0.6) is 0 Å². The number of hydrogen-bond donors (Lipinski definition) is 3. The zero-order chi connectivity index (χ0) is 12.5. The van der Waals surface area contributed by atoms with Gasteiger partial charge in [0, 0.05) is 11.5 Å². The molecule has 0 aliphatic rings. The molecule has 2 heterocycles. The number of aromatic nitrogens is 3. The van der Waals surface area contributed by atoms with Crippen LogP contribution in [0.4, 0.5) is 11.4 Å². The molecule has 0 amide bonds. The van der Waals surface area contributed by atoms with Gasteiger partial charge >= 0.3 is 0 Å². The lowest BCUT2D eigenvalue weighted by atomic mass is 10.2. The summed E-state index contributed by atoms with van der Waals surface area (Å²) in [6.45, 7) is 2.43. The minimum Gasteiger partial charge on any atom is -0.397 e. The molecule has 6 nitrogen and oxygen atoms in total. The van der Waals surface area contributed by atoms with Crippen molar-refractivity contribution in [3.8, 4) is 0 Å². The van der Waals surface area contributed by atoms with Gasteiger partial charge in [0.2, 0.25) is 0 Å². The third kappa shape index (κ3) is 1.88. The van der Waals surface area contributed by atoms with Gasteiger partial charge < -0.3 is 15.6 Å². The number of anilines is 2. The van der Waals surface area contributed by atoms with Crippen LogP contribution in [-0.4, -0.2) is 15.4 Å². The molecule has 2 aromatic heterocycles. The normalized spacial score (nSPS) is 10.9. The zero-order valence-electron chi connectivity index (χ0n) is 9.90. The van der Waals surface area contributed by atoms with Gasteiger partial charge in [-0.1, -0.05) is 5.16 Å². The van der Waals surface area contributed by atoms with Crippen LogP contribution >= 0.6 is 0 Å². The van der Waals surface area contributed by atoms with E-state index in [1.165, 1.54) is 0 Å². The fourth-order valence-electron chi connectivity index (χ4n) is 1.85. The number of aromatic amines is 1. The summed E-state index contributed by atoms with van der Waals surface area (Å²) in [7, 11) is 0. The summed E-state index contributed by atoms with van der Waals surface area (Å²) >= 11 is 0. The molecule has 0 saturated heterocycles. The Labute approximate surface area is 103 Å². The summed E-state index contributed by atoms with van der Waals surface area (Å²) in [6.07, 6.45) is 1.75. The molecule has 3 rings (SSSR count). The molecule has 3 aromatic rings. The Morgan fingerprint density at radius 1 is 1.39 bits per heavy atom. The topological polar surface area (TPSA) is 92.8 Å². The Hall–Kier alpha value is -2.50. The van der Waals surface area contributed by atoms with Crippen molar-refractivity contribution >= 4 is 22.3 Å². The third-order valence-corrected chi connectivity index (χ3v) is 2.75. The van der Waals surface area contributed by atoms with Crippen molar-refractivity contribution in [2.75, 3.05) is 11.1 Å². The molecular weight excluding hydrogens is 230 g/mol. The lowest BCUT2D eigenvalue weighted by Crippen LogP contribution is -2.02. The van der Waals surface area contributed by atoms with E-state index in [-0.39, 0.29) is 0 Å². The lowest BCUT2D eigenvalue weighted by molar-refractivity contribution is 0.391. The number of aryl methyl sites for hydroxylation is 1. The Morgan fingerprint density at radius 2 is 2.28 bits per heavy atom. The van der Waals surface area contributed by atoms with Crippen molar-refractivity contribution in [1.82, 2.24) is 15.4 Å². The second-order valence-electron chi connectivity index (χ2n) is 4.18. The fraction of sp³-hybridized carbons (Fsp3) is 0.167. The van der Waals surface area contributed by atoms with Gasteiger partial charge in [-0.2, -0.15) is 5.10 Å². The highest BCUT2D eigenvalue weighted by atomic mass is 16.5. The number of nitrogens with two attached hydrogens (primary N) is 1. The van der Waals surface area contributed by atoms with Gasteiger partial charge in [0.15, 0.2) is 0 Å². The monoisotopic (exact) mass is 243 g/mol. The number of H-pyrrole nitrogens is 1. The van der Waals surface area contributed by atoms with Gasteiger partial charge in [-0.05, 0) is 19.1 Å². The number of hydrogen-bond acceptors (Lipinski definition) is 5. The van der Waals surface area contributed by atoms with Gasteiger partial charge in [0.1, 0.15) is 11.5 Å². The van der Waals surface area contributed by atoms with Crippen LogP contribution in [0, 0.1) is 6.92 Å². The van der Waals surface area contributed by atoms with Gasteiger partial charge in [0.05, 0.1) is 29.6 Å². The predicted octanol–water partition coefficient (Wildman–Crippen LogP) is 2.05. The highest BCUT2D eigenvalue weighted by molar-refractivity contribution is 5.88. The molecule has 0 spiro atoms. The Balaban J connectivity index is 1.83. The van der Waals surface area contributed by atoms with Crippen LogP contribution < -0.4 is 11.1 Å². The Bertz CT molecular complexity index is 685. The van der Waals surface area contributed by atoms with E-state index in [0.29, 0.717) is 12.2 Å². The zero-order valence-corrected chi connectivity index (χ0v) is 9.90. The Morgan fingerprint density at radius 3 is 3.06 bits per heavy atom. The molecule has 0 bridgehead atoms. The molecule has 0 saturated carbocycles. The molecule has 18 heavy (non-hydrogen) atoms. The van der Waals surface area contributed by atoms with Crippen molar-refractivity contribution in [2.24, 2.45) is 0 Å². The maximum atomic E-state index is 5.97. The van der Waals surface area contributed by atoms with Crippen LogP contribution in [0.25, 0.3) is 10.9 Å². The highest BCUT2D eigenvalue weighted by Crippen LogP contribution is 2.25. The summed E-state index contributed by atoms with van der Waals surface area (Å²) in [4.78, 5) is 0. The van der Waals surface area contributed by atoms with Crippen LogP contribution in [0.3, 0.4) is 0 Å².